The van der Waals surface area contributed by atoms with E-state index in [1.54, 1.807) is 6.20 Å². The fraction of sp³-hybridized carbons (Fsp3) is 0.636. The quantitative estimate of drug-likeness (QED) is 0.862. The van der Waals surface area contributed by atoms with Crippen LogP contribution in [0.4, 0.5) is 0 Å². The number of H-pyrrole nitrogens is 1. The minimum Gasteiger partial charge on any atom is -0.367 e. The summed E-state index contributed by atoms with van der Waals surface area (Å²) in [6.45, 7) is 2.63. The molecule has 0 aromatic carbocycles. The molecule has 88 valence electrons. The molecule has 0 bridgehead atoms. The lowest BCUT2D eigenvalue weighted by atomic mass is 10.0. The highest BCUT2D eigenvalue weighted by Gasteiger charge is 2.38. The van der Waals surface area contributed by atoms with Gasteiger partial charge in [0.1, 0.15) is 11.4 Å². The maximum atomic E-state index is 11.6. The Bertz CT molecular complexity index is 424. The summed E-state index contributed by atoms with van der Waals surface area (Å²) in [6.07, 6.45) is 5.79. The highest BCUT2D eigenvalue weighted by Crippen LogP contribution is 2.39. The zero-order valence-corrected chi connectivity index (χ0v) is 11.4. The van der Waals surface area contributed by atoms with Crippen LogP contribution in [0.3, 0.4) is 0 Å². The molecule has 0 radical (unpaired) electrons. The summed E-state index contributed by atoms with van der Waals surface area (Å²) in [6, 6.07) is 0. The largest absolute Gasteiger partial charge is 0.367 e. The number of hydrogen-bond acceptors (Lipinski definition) is 3. The lowest BCUT2D eigenvalue weighted by molar-refractivity contribution is -0.0459. The molecule has 16 heavy (non-hydrogen) atoms. The molecule has 1 aliphatic carbocycles. The van der Waals surface area contributed by atoms with Gasteiger partial charge in [0.15, 0.2) is 0 Å². The van der Waals surface area contributed by atoms with Crippen molar-refractivity contribution in [3.63, 3.8) is 0 Å². The van der Waals surface area contributed by atoms with Crippen LogP contribution in [0.5, 0.6) is 0 Å². The van der Waals surface area contributed by atoms with E-state index in [0.717, 1.165) is 25.7 Å². The fourth-order valence-corrected chi connectivity index (χ4v) is 2.56. The fourth-order valence-electron chi connectivity index (χ4n) is 2.28. The van der Waals surface area contributed by atoms with Crippen molar-refractivity contribution in [1.82, 2.24) is 9.97 Å². The van der Waals surface area contributed by atoms with Crippen molar-refractivity contribution >= 4 is 22.6 Å². The monoisotopic (exact) mass is 334 g/mol. The van der Waals surface area contributed by atoms with Crippen molar-refractivity contribution < 1.29 is 4.74 Å². The maximum absolute atomic E-state index is 11.6. The van der Waals surface area contributed by atoms with E-state index in [2.05, 4.69) is 9.97 Å². The normalized spacial score (nSPS) is 18.9. The molecule has 0 amide bonds. The van der Waals surface area contributed by atoms with E-state index < -0.39 is 0 Å². The van der Waals surface area contributed by atoms with E-state index in [1.165, 1.54) is 0 Å². The summed E-state index contributed by atoms with van der Waals surface area (Å²) in [7, 11) is 0. The Balaban J connectivity index is 2.39. The number of ether oxygens (including phenoxy) is 1. The second kappa shape index (κ2) is 4.83. The average Bonchev–Trinajstić information content (AvgIpc) is 2.72. The minimum atomic E-state index is -0.349. The van der Waals surface area contributed by atoms with Gasteiger partial charge in [-0.25, -0.2) is 4.98 Å². The van der Waals surface area contributed by atoms with Crippen LogP contribution in [0.15, 0.2) is 11.0 Å². The predicted molar refractivity (Wildman–Crippen MR) is 69.3 cm³/mol. The van der Waals surface area contributed by atoms with Crippen LogP contribution in [0.25, 0.3) is 0 Å². The predicted octanol–water partition coefficient (Wildman–Crippen LogP) is 2.18. The van der Waals surface area contributed by atoms with Crippen LogP contribution in [-0.4, -0.2) is 16.6 Å². The van der Waals surface area contributed by atoms with E-state index in [1.807, 2.05) is 29.5 Å². The summed E-state index contributed by atoms with van der Waals surface area (Å²) >= 11 is 1.98. The molecule has 1 aliphatic rings. The molecule has 0 unspecified atom stereocenters. The van der Waals surface area contributed by atoms with Crippen molar-refractivity contribution in [3.8, 4) is 0 Å². The van der Waals surface area contributed by atoms with Crippen LogP contribution in [0, 0.1) is 3.57 Å². The van der Waals surface area contributed by atoms with Crippen LogP contribution < -0.4 is 5.56 Å². The molecule has 0 atom stereocenters. The highest BCUT2D eigenvalue weighted by atomic mass is 127. The van der Waals surface area contributed by atoms with E-state index in [0.29, 0.717) is 16.0 Å². The van der Waals surface area contributed by atoms with Crippen molar-refractivity contribution in [2.24, 2.45) is 0 Å². The van der Waals surface area contributed by atoms with Gasteiger partial charge in [0.05, 0.1) is 3.57 Å². The topological polar surface area (TPSA) is 55.0 Å². The number of nitrogens with one attached hydrogen (secondary N) is 1. The molecule has 1 fully saturated rings. The average molecular weight is 334 g/mol. The first-order valence-corrected chi connectivity index (χ1v) is 6.65. The van der Waals surface area contributed by atoms with Gasteiger partial charge >= 0.3 is 0 Å². The summed E-state index contributed by atoms with van der Waals surface area (Å²) < 4.78 is 6.45. The van der Waals surface area contributed by atoms with Gasteiger partial charge in [0.25, 0.3) is 5.56 Å². The third-order valence-electron chi connectivity index (χ3n) is 3.02. The van der Waals surface area contributed by atoms with Gasteiger partial charge in [-0.1, -0.05) is 0 Å². The van der Waals surface area contributed by atoms with Crippen LogP contribution >= 0.6 is 22.6 Å². The molecule has 4 nitrogen and oxygen atoms in total. The molecule has 1 aromatic heterocycles. The van der Waals surface area contributed by atoms with Gasteiger partial charge in [0.2, 0.25) is 0 Å². The summed E-state index contributed by atoms with van der Waals surface area (Å²) in [5, 5.41) is 0. The number of halogens is 1. The molecule has 0 saturated heterocycles. The Hall–Kier alpha value is -0.430. The van der Waals surface area contributed by atoms with Gasteiger partial charge in [-0.05, 0) is 55.2 Å². The van der Waals surface area contributed by atoms with Gasteiger partial charge in [0, 0.05) is 12.8 Å². The van der Waals surface area contributed by atoms with Gasteiger partial charge in [-0.3, -0.25) is 4.79 Å². The third-order valence-corrected chi connectivity index (χ3v) is 3.79. The van der Waals surface area contributed by atoms with Crippen molar-refractivity contribution in [3.05, 3.63) is 25.9 Å². The zero-order chi connectivity index (χ0) is 11.6. The third kappa shape index (κ3) is 2.15. The van der Waals surface area contributed by atoms with Gasteiger partial charge in [-0.2, -0.15) is 0 Å². The Morgan fingerprint density at radius 1 is 1.56 bits per heavy atom. The second-order valence-electron chi connectivity index (χ2n) is 4.04. The molecule has 0 aliphatic heterocycles. The minimum absolute atomic E-state index is 0.0726. The highest BCUT2D eigenvalue weighted by molar-refractivity contribution is 14.1. The van der Waals surface area contributed by atoms with Crippen molar-refractivity contribution in [1.29, 1.82) is 0 Å². The number of nitrogens with zero attached hydrogens (tertiary/aromatic N) is 1. The lowest BCUT2D eigenvalue weighted by Gasteiger charge is -2.27. The molecule has 1 aromatic rings. The molecule has 0 spiro atoms. The van der Waals surface area contributed by atoms with Crippen LogP contribution in [0.2, 0.25) is 0 Å². The van der Waals surface area contributed by atoms with E-state index in [4.69, 9.17) is 4.74 Å². The lowest BCUT2D eigenvalue weighted by Crippen LogP contribution is -2.31. The summed E-state index contributed by atoms with van der Waals surface area (Å²) in [4.78, 5) is 18.8. The molecular weight excluding hydrogens is 319 g/mol. The Kier molecular flexibility index (Phi) is 3.63. The van der Waals surface area contributed by atoms with E-state index >= 15 is 0 Å². The smallest absolute Gasteiger partial charge is 0.264 e. The zero-order valence-electron chi connectivity index (χ0n) is 9.25. The molecular formula is C11H15IN2O2. The number of aromatic nitrogens is 2. The van der Waals surface area contributed by atoms with Gasteiger partial charge in [-0.15, -0.1) is 0 Å². The first-order chi connectivity index (χ1) is 7.68. The molecule has 1 saturated carbocycles. The first kappa shape index (κ1) is 12.0. The standard InChI is InChI=1S/C11H15IN2O2/c1-2-16-11(5-3-4-6-11)10-13-7-8(12)9(15)14-10/h7H,2-6H2,1H3,(H,13,14,15). The Morgan fingerprint density at radius 3 is 2.81 bits per heavy atom. The SMILES string of the molecule is CCOC1(c2ncc(I)c(=O)[nH]2)CCCC1. The van der Waals surface area contributed by atoms with Crippen molar-refractivity contribution in [2.45, 2.75) is 38.2 Å². The Morgan fingerprint density at radius 2 is 2.25 bits per heavy atom. The van der Waals surface area contributed by atoms with Crippen LogP contribution in [0.1, 0.15) is 38.4 Å². The van der Waals surface area contributed by atoms with E-state index in [-0.39, 0.29) is 11.2 Å². The number of aromatic amines is 1. The van der Waals surface area contributed by atoms with Crippen molar-refractivity contribution in [2.75, 3.05) is 6.61 Å². The van der Waals surface area contributed by atoms with Gasteiger partial charge < -0.3 is 9.72 Å². The molecule has 5 heteroatoms. The second-order valence-corrected chi connectivity index (χ2v) is 5.21. The number of rotatable bonds is 3. The summed E-state index contributed by atoms with van der Waals surface area (Å²) in [5.41, 5.74) is -0.422. The maximum Gasteiger partial charge on any atom is 0.264 e. The molecule has 2 rings (SSSR count). The van der Waals surface area contributed by atoms with E-state index in [9.17, 15) is 4.79 Å². The van der Waals surface area contributed by atoms with Crippen LogP contribution in [-0.2, 0) is 10.3 Å². The molecule has 1 heterocycles. The number of hydrogen-bond donors (Lipinski definition) is 1. The summed E-state index contributed by atoms with van der Waals surface area (Å²) in [5.74, 6) is 0.692. The Labute approximate surface area is 108 Å². The molecule has 1 N–H and O–H groups in total. The first-order valence-electron chi connectivity index (χ1n) is 5.57.